The first kappa shape index (κ1) is 22.1. The number of rotatable bonds is 3. The van der Waals surface area contributed by atoms with Crippen molar-refractivity contribution in [2.45, 2.75) is 25.7 Å². The van der Waals surface area contributed by atoms with Gasteiger partial charge in [0.15, 0.2) is 11.6 Å². The molecule has 0 fully saturated rings. The Labute approximate surface area is 171 Å². The van der Waals surface area contributed by atoms with Crippen molar-refractivity contribution in [1.29, 1.82) is 0 Å². The van der Waals surface area contributed by atoms with Crippen LogP contribution in [-0.2, 0) is 19.5 Å². The van der Waals surface area contributed by atoms with E-state index in [1.165, 1.54) is 0 Å². The van der Waals surface area contributed by atoms with E-state index in [1.54, 1.807) is 30.6 Å². The molecule has 0 unspecified atom stereocenters. The van der Waals surface area contributed by atoms with Crippen LogP contribution in [0.2, 0.25) is 0 Å². The fourth-order valence-electron chi connectivity index (χ4n) is 2.89. The molecule has 0 atom stereocenters. The van der Waals surface area contributed by atoms with Gasteiger partial charge in [0.1, 0.15) is 23.8 Å². The van der Waals surface area contributed by atoms with E-state index in [0.717, 1.165) is 23.6 Å². The standard InChI is InChI=1S/C16H16F3N7.2ClH/c17-16(18,19)10-26-15(23-14(24-26)11-3-1-2-5-21-11)12-9-25-8-7-20-6-4-13(25)22-12;;/h1-3,5,9,20H,4,6-8,10H2;2*1H. The molecule has 12 heteroatoms. The third-order valence-corrected chi connectivity index (χ3v) is 4.04. The SMILES string of the molecule is Cl.Cl.FC(F)(F)Cn1nc(-c2ccccn2)nc1-c1cn2c(n1)CCNCC2. The predicted molar refractivity (Wildman–Crippen MR) is 102 cm³/mol. The molecular weight excluding hydrogens is 418 g/mol. The summed E-state index contributed by atoms with van der Waals surface area (Å²) in [7, 11) is 0. The molecule has 1 aliphatic rings. The molecule has 1 N–H and O–H groups in total. The van der Waals surface area contributed by atoms with Gasteiger partial charge in [-0.05, 0) is 12.1 Å². The van der Waals surface area contributed by atoms with Crippen LogP contribution >= 0.6 is 24.8 Å². The van der Waals surface area contributed by atoms with Crippen molar-refractivity contribution < 1.29 is 13.2 Å². The average molecular weight is 436 g/mol. The molecule has 1 aliphatic heterocycles. The Bertz CT molecular complexity index is 885. The minimum Gasteiger partial charge on any atom is -0.333 e. The number of alkyl halides is 3. The summed E-state index contributed by atoms with van der Waals surface area (Å²) >= 11 is 0. The maximum absolute atomic E-state index is 13.0. The third kappa shape index (κ3) is 4.81. The van der Waals surface area contributed by atoms with Gasteiger partial charge < -0.3 is 9.88 Å². The largest absolute Gasteiger partial charge is 0.408 e. The maximum Gasteiger partial charge on any atom is 0.408 e. The fraction of sp³-hybridized carbons (Fsp3) is 0.375. The second-order valence-corrected chi connectivity index (χ2v) is 5.98. The van der Waals surface area contributed by atoms with E-state index in [-0.39, 0.29) is 36.5 Å². The number of imidazole rings is 1. The lowest BCUT2D eigenvalue weighted by atomic mass is 10.3. The number of hydrogen-bond donors (Lipinski definition) is 1. The van der Waals surface area contributed by atoms with Gasteiger partial charge in [-0.25, -0.2) is 14.6 Å². The third-order valence-electron chi connectivity index (χ3n) is 4.04. The van der Waals surface area contributed by atoms with E-state index >= 15 is 0 Å². The van der Waals surface area contributed by atoms with E-state index in [9.17, 15) is 13.2 Å². The molecule has 3 aromatic heterocycles. The minimum atomic E-state index is -4.41. The molecular formula is C16H18Cl2F3N7. The number of fused-ring (bicyclic) bond motifs is 1. The molecule has 0 aliphatic carbocycles. The summed E-state index contributed by atoms with van der Waals surface area (Å²) in [6.45, 7) is 1.05. The highest BCUT2D eigenvalue weighted by Crippen LogP contribution is 2.25. The zero-order valence-electron chi connectivity index (χ0n) is 14.6. The van der Waals surface area contributed by atoms with Crippen molar-refractivity contribution in [2.75, 3.05) is 13.1 Å². The van der Waals surface area contributed by atoms with Gasteiger partial charge in [-0.1, -0.05) is 6.07 Å². The fourth-order valence-corrected chi connectivity index (χ4v) is 2.89. The van der Waals surface area contributed by atoms with Crippen LogP contribution in [0, 0.1) is 0 Å². The van der Waals surface area contributed by atoms with Crippen LogP contribution in [0.4, 0.5) is 13.2 Å². The Morgan fingerprint density at radius 3 is 2.61 bits per heavy atom. The molecule has 0 aromatic carbocycles. The molecule has 0 radical (unpaired) electrons. The number of hydrogen-bond acceptors (Lipinski definition) is 5. The Balaban J connectivity index is 0.00000140. The van der Waals surface area contributed by atoms with Crippen LogP contribution in [0.25, 0.3) is 23.0 Å². The molecule has 0 saturated carbocycles. The van der Waals surface area contributed by atoms with E-state index in [1.807, 2.05) is 4.57 Å². The molecule has 152 valence electrons. The molecule has 3 aromatic rings. The monoisotopic (exact) mass is 435 g/mol. The van der Waals surface area contributed by atoms with Gasteiger partial charge >= 0.3 is 6.18 Å². The van der Waals surface area contributed by atoms with Gasteiger partial charge in [-0.15, -0.1) is 29.9 Å². The summed E-state index contributed by atoms with van der Waals surface area (Å²) in [6, 6.07) is 5.11. The number of nitrogens with one attached hydrogen (secondary N) is 1. The van der Waals surface area contributed by atoms with Crippen LogP contribution in [0.5, 0.6) is 0 Å². The summed E-state index contributed by atoms with van der Waals surface area (Å²) in [5.74, 6) is 1.07. The quantitative estimate of drug-likeness (QED) is 0.684. The summed E-state index contributed by atoms with van der Waals surface area (Å²) in [6.07, 6.45) is -0.419. The second-order valence-electron chi connectivity index (χ2n) is 5.98. The average Bonchev–Trinajstić information content (AvgIpc) is 3.12. The zero-order valence-corrected chi connectivity index (χ0v) is 16.2. The van der Waals surface area contributed by atoms with Crippen LogP contribution in [0.15, 0.2) is 30.6 Å². The topological polar surface area (TPSA) is 73.5 Å². The number of halogens is 5. The maximum atomic E-state index is 13.0. The van der Waals surface area contributed by atoms with Crippen LogP contribution in [-0.4, -0.2) is 48.6 Å². The highest BCUT2D eigenvalue weighted by Gasteiger charge is 2.31. The normalized spacial score (nSPS) is 13.8. The Morgan fingerprint density at radius 2 is 1.89 bits per heavy atom. The van der Waals surface area contributed by atoms with E-state index in [4.69, 9.17) is 0 Å². The predicted octanol–water partition coefficient (Wildman–Crippen LogP) is 2.76. The molecule has 4 heterocycles. The lowest BCUT2D eigenvalue weighted by molar-refractivity contribution is -0.142. The molecule has 7 nitrogen and oxygen atoms in total. The van der Waals surface area contributed by atoms with Gasteiger partial charge in [0.05, 0.1) is 0 Å². The molecule has 0 saturated heterocycles. The zero-order chi connectivity index (χ0) is 18.1. The Kier molecular flexibility index (Phi) is 7.02. The summed E-state index contributed by atoms with van der Waals surface area (Å²) in [5, 5.41) is 7.28. The molecule has 0 amide bonds. The molecule has 0 spiro atoms. The highest BCUT2D eigenvalue weighted by molar-refractivity contribution is 5.85. The minimum absolute atomic E-state index is 0. The molecule has 4 rings (SSSR count). The highest BCUT2D eigenvalue weighted by atomic mass is 35.5. The number of nitrogens with zero attached hydrogens (tertiary/aromatic N) is 6. The van der Waals surface area contributed by atoms with Crippen molar-refractivity contribution >= 4 is 24.8 Å². The number of aromatic nitrogens is 6. The Morgan fingerprint density at radius 1 is 1.07 bits per heavy atom. The van der Waals surface area contributed by atoms with Gasteiger partial charge in [-0.3, -0.25) is 4.98 Å². The summed E-state index contributed by atoms with van der Waals surface area (Å²) in [5.41, 5.74) is 0.806. The van der Waals surface area contributed by atoms with Gasteiger partial charge in [0.25, 0.3) is 0 Å². The first-order valence-electron chi connectivity index (χ1n) is 8.20. The molecule has 0 bridgehead atoms. The lowest BCUT2D eigenvalue weighted by Gasteiger charge is -2.07. The molecule has 28 heavy (non-hydrogen) atoms. The second kappa shape index (κ2) is 8.89. The van der Waals surface area contributed by atoms with Crippen molar-refractivity contribution in [3.8, 4) is 23.0 Å². The smallest absolute Gasteiger partial charge is 0.333 e. The van der Waals surface area contributed by atoms with Gasteiger partial charge in [0, 0.05) is 38.4 Å². The summed E-state index contributed by atoms with van der Waals surface area (Å²) < 4.78 is 41.8. The Hall–Kier alpha value is -2.17. The van der Waals surface area contributed by atoms with Crippen molar-refractivity contribution in [1.82, 2.24) is 34.6 Å². The number of pyridine rings is 1. The first-order chi connectivity index (χ1) is 12.5. The van der Waals surface area contributed by atoms with Crippen LogP contribution in [0.1, 0.15) is 5.82 Å². The van der Waals surface area contributed by atoms with Crippen molar-refractivity contribution in [2.24, 2.45) is 0 Å². The van der Waals surface area contributed by atoms with E-state index < -0.39 is 12.7 Å². The van der Waals surface area contributed by atoms with Gasteiger partial charge in [-0.2, -0.15) is 13.2 Å². The van der Waals surface area contributed by atoms with E-state index in [0.29, 0.717) is 24.4 Å². The first-order valence-corrected chi connectivity index (χ1v) is 8.20. The van der Waals surface area contributed by atoms with Crippen LogP contribution < -0.4 is 5.32 Å². The van der Waals surface area contributed by atoms with Gasteiger partial charge in [0.2, 0.25) is 0 Å². The van der Waals surface area contributed by atoms with Crippen LogP contribution in [0.3, 0.4) is 0 Å². The summed E-state index contributed by atoms with van der Waals surface area (Å²) in [4.78, 5) is 12.9. The van der Waals surface area contributed by atoms with E-state index in [2.05, 4.69) is 25.4 Å². The van der Waals surface area contributed by atoms with Crippen molar-refractivity contribution in [3.63, 3.8) is 0 Å². The van der Waals surface area contributed by atoms with Crippen molar-refractivity contribution in [3.05, 3.63) is 36.4 Å². The lowest BCUT2D eigenvalue weighted by Crippen LogP contribution is -2.19.